The van der Waals surface area contributed by atoms with Crippen molar-refractivity contribution in [1.29, 1.82) is 0 Å². The summed E-state index contributed by atoms with van der Waals surface area (Å²) >= 11 is 5.90. The van der Waals surface area contributed by atoms with Crippen LogP contribution in [-0.4, -0.2) is 51.5 Å². The summed E-state index contributed by atoms with van der Waals surface area (Å²) in [5.41, 5.74) is 1.39. The van der Waals surface area contributed by atoms with Gasteiger partial charge >= 0.3 is 0 Å². The molecule has 1 amide bonds. The van der Waals surface area contributed by atoms with Crippen molar-refractivity contribution in [3.63, 3.8) is 0 Å². The van der Waals surface area contributed by atoms with Gasteiger partial charge in [0.1, 0.15) is 5.75 Å². The molecule has 1 aromatic heterocycles. The van der Waals surface area contributed by atoms with Crippen molar-refractivity contribution in [2.45, 2.75) is 25.4 Å². The van der Waals surface area contributed by atoms with Gasteiger partial charge in [0.05, 0.1) is 11.3 Å². The summed E-state index contributed by atoms with van der Waals surface area (Å²) in [6.45, 7) is 3.36. The first-order valence-electron chi connectivity index (χ1n) is 9.02. The number of phenolic OH excluding ortho intramolecular Hbond substituents is 1. The predicted octanol–water partition coefficient (Wildman–Crippen LogP) is 3.18. The van der Waals surface area contributed by atoms with Crippen molar-refractivity contribution < 1.29 is 9.90 Å². The van der Waals surface area contributed by atoms with Crippen LogP contribution in [0.4, 0.5) is 0 Å². The third-order valence-electron chi connectivity index (χ3n) is 5.35. The van der Waals surface area contributed by atoms with Crippen LogP contribution in [0.3, 0.4) is 0 Å². The van der Waals surface area contributed by atoms with Crippen molar-refractivity contribution in [2.75, 3.05) is 19.6 Å². The quantitative estimate of drug-likeness (QED) is 0.900. The van der Waals surface area contributed by atoms with Gasteiger partial charge in [-0.3, -0.25) is 14.7 Å². The van der Waals surface area contributed by atoms with Crippen LogP contribution in [-0.2, 0) is 6.54 Å². The maximum atomic E-state index is 13.0. The number of halogens is 1. The molecular weight excluding hydrogens is 350 g/mol. The van der Waals surface area contributed by atoms with Gasteiger partial charge in [-0.1, -0.05) is 17.7 Å². The molecule has 26 heavy (non-hydrogen) atoms. The minimum atomic E-state index is -0.103. The van der Waals surface area contributed by atoms with Crippen molar-refractivity contribution >= 4 is 17.5 Å². The minimum Gasteiger partial charge on any atom is -0.507 e. The lowest BCUT2D eigenvalue weighted by molar-refractivity contribution is 0.0582. The van der Waals surface area contributed by atoms with Gasteiger partial charge in [-0.15, -0.1) is 0 Å². The number of nitrogens with zero attached hydrogens (tertiary/aromatic N) is 3. The van der Waals surface area contributed by atoms with Crippen LogP contribution in [0.15, 0.2) is 42.6 Å². The van der Waals surface area contributed by atoms with Crippen molar-refractivity contribution in [3.05, 3.63) is 58.9 Å². The van der Waals surface area contributed by atoms with Crippen LogP contribution in [0.25, 0.3) is 0 Å². The number of aromatic nitrogens is 1. The number of benzene rings is 1. The zero-order valence-electron chi connectivity index (χ0n) is 14.5. The fraction of sp³-hybridized carbons (Fsp3) is 0.400. The zero-order chi connectivity index (χ0) is 18.1. The van der Waals surface area contributed by atoms with Gasteiger partial charge in [-0.05, 0) is 49.1 Å². The van der Waals surface area contributed by atoms with Crippen LogP contribution in [0, 0.1) is 5.92 Å². The Morgan fingerprint density at radius 2 is 2.08 bits per heavy atom. The summed E-state index contributed by atoms with van der Waals surface area (Å²) < 4.78 is 0. The van der Waals surface area contributed by atoms with E-state index in [0.717, 1.165) is 44.7 Å². The third-order valence-corrected chi connectivity index (χ3v) is 5.59. The summed E-state index contributed by atoms with van der Waals surface area (Å²) in [6, 6.07) is 10.8. The smallest absolute Gasteiger partial charge is 0.257 e. The number of aromatic hydroxyl groups is 1. The Labute approximate surface area is 158 Å². The molecule has 5 nitrogen and oxygen atoms in total. The molecule has 1 aromatic carbocycles. The van der Waals surface area contributed by atoms with E-state index in [0.29, 0.717) is 16.5 Å². The maximum Gasteiger partial charge on any atom is 0.257 e. The van der Waals surface area contributed by atoms with E-state index in [9.17, 15) is 9.90 Å². The molecule has 0 radical (unpaired) electrons. The lowest BCUT2D eigenvalue weighted by atomic mass is 9.94. The lowest BCUT2D eigenvalue weighted by Crippen LogP contribution is -2.47. The topological polar surface area (TPSA) is 56.7 Å². The number of fused-ring (bicyclic) bond motifs is 4. The van der Waals surface area contributed by atoms with E-state index in [2.05, 4.69) is 9.88 Å². The van der Waals surface area contributed by atoms with E-state index in [1.54, 1.807) is 12.1 Å². The van der Waals surface area contributed by atoms with E-state index >= 15 is 0 Å². The molecule has 0 unspecified atom stereocenters. The number of carbonyl (C=O) groups excluding carboxylic acids is 1. The molecule has 3 saturated heterocycles. The van der Waals surface area contributed by atoms with Gasteiger partial charge in [0.15, 0.2) is 0 Å². The number of carbonyl (C=O) groups is 1. The van der Waals surface area contributed by atoms with Gasteiger partial charge in [-0.25, -0.2) is 0 Å². The average Bonchev–Trinajstić information content (AvgIpc) is 2.92. The van der Waals surface area contributed by atoms with Crippen LogP contribution in [0.5, 0.6) is 5.75 Å². The second-order valence-electron chi connectivity index (χ2n) is 7.23. The molecule has 0 saturated carbocycles. The number of hydrogen-bond donors (Lipinski definition) is 1. The molecule has 3 aliphatic rings. The van der Waals surface area contributed by atoms with Crippen LogP contribution in [0.1, 0.15) is 28.9 Å². The lowest BCUT2D eigenvalue weighted by Gasteiger charge is -2.36. The van der Waals surface area contributed by atoms with Gasteiger partial charge in [0.2, 0.25) is 0 Å². The van der Waals surface area contributed by atoms with Gasteiger partial charge in [0, 0.05) is 43.4 Å². The Hall–Kier alpha value is -2.11. The van der Waals surface area contributed by atoms with Crippen molar-refractivity contribution in [1.82, 2.24) is 14.8 Å². The molecule has 5 rings (SSSR count). The Balaban J connectivity index is 1.52. The number of hydrogen-bond acceptors (Lipinski definition) is 4. The fourth-order valence-corrected chi connectivity index (χ4v) is 4.28. The normalized spacial score (nSPS) is 23.0. The molecule has 4 heterocycles. The Bertz CT molecular complexity index is 799. The molecule has 0 aliphatic carbocycles. The first-order valence-corrected chi connectivity index (χ1v) is 9.39. The number of amides is 1. The van der Waals surface area contributed by atoms with E-state index < -0.39 is 0 Å². The van der Waals surface area contributed by atoms with Gasteiger partial charge in [-0.2, -0.15) is 0 Å². The summed E-state index contributed by atoms with van der Waals surface area (Å²) in [4.78, 5) is 21.8. The average molecular weight is 372 g/mol. The molecule has 3 fully saturated rings. The number of pyridine rings is 1. The SMILES string of the molecule is O=C(c1ccc(Cl)cc1O)N1C[C@H]2CC[C@@H]1CN(Cc1ccccn1)C2. The maximum absolute atomic E-state index is 13.0. The number of rotatable bonds is 3. The molecule has 2 atom stereocenters. The fourth-order valence-electron chi connectivity index (χ4n) is 4.12. The largest absolute Gasteiger partial charge is 0.507 e. The van der Waals surface area contributed by atoms with Gasteiger partial charge in [0.25, 0.3) is 5.91 Å². The van der Waals surface area contributed by atoms with E-state index in [-0.39, 0.29) is 17.7 Å². The molecule has 136 valence electrons. The molecule has 2 bridgehead atoms. The van der Waals surface area contributed by atoms with E-state index in [4.69, 9.17) is 11.6 Å². The Morgan fingerprint density at radius 1 is 1.19 bits per heavy atom. The highest BCUT2D eigenvalue weighted by Crippen LogP contribution is 2.32. The van der Waals surface area contributed by atoms with E-state index in [1.165, 1.54) is 6.07 Å². The molecule has 3 aliphatic heterocycles. The first-order chi connectivity index (χ1) is 12.6. The standard InChI is InChI=1S/C20H22ClN3O2/c21-15-5-7-18(19(25)9-15)20(26)24-11-14-4-6-17(24)13-23(10-14)12-16-3-1-2-8-22-16/h1-3,5,7-9,14,17,25H,4,6,10-13H2/t14-,17+/m0/s1. The molecule has 0 spiro atoms. The van der Waals surface area contributed by atoms with Crippen LogP contribution < -0.4 is 0 Å². The van der Waals surface area contributed by atoms with Crippen molar-refractivity contribution in [3.8, 4) is 5.75 Å². The highest BCUT2D eigenvalue weighted by Gasteiger charge is 2.38. The predicted molar refractivity (Wildman–Crippen MR) is 100 cm³/mol. The molecule has 6 heteroatoms. The molecule has 1 N–H and O–H groups in total. The highest BCUT2D eigenvalue weighted by molar-refractivity contribution is 6.30. The van der Waals surface area contributed by atoms with Crippen molar-refractivity contribution in [2.24, 2.45) is 5.92 Å². The zero-order valence-corrected chi connectivity index (χ0v) is 15.3. The summed E-state index contributed by atoms with van der Waals surface area (Å²) in [5, 5.41) is 10.6. The summed E-state index contributed by atoms with van der Waals surface area (Å²) in [7, 11) is 0. The molecule has 2 aromatic rings. The van der Waals surface area contributed by atoms with E-state index in [1.807, 2.05) is 29.3 Å². The second-order valence-corrected chi connectivity index (χ2v) is 7.67. The second kappa shape index (κ2) is 7.25. The summed E-state index contributed by atoms with van der Waals surface area (Å²) in [6.07, 6.45) is 3.96. The van der Waals surface area contributed by atoms with Crippen LogP contribution in [0.2, 0.25) is 5.02 Å². The highest BCUT2D eigenvalue weighted by atomic mass is 35.5. The van der Waals surface area contributed by atoms with Crippen LogP contribution >= 0.6 is 11.6 Å². The molecular formula is C20H22ClN3O2. The Morgan fingerprint density at radius 3 is 2.85 bits per heavy atom. The number of piperidine rings is 1. The first kappa shape index (κ1) is 17.3. The number of phenols is 1. The monoisotopic (exact) mass is 371 g/mol. The Kier molecular flexibility index (Phi) is 4.83. The summed E-state index contributed by atoms with van der Waals surface area (Å²) in [5.74, 6) is 0.303. The van der Waals surface area contributed by atoms with Gasteiger partial charge < -0.3 is 10.0 Å². The minimum absolute atomic E-state index is 0.0482. The third kappa shape index (κ3) is 3.55.